The first-order valence-corrected chi connectivity index (χ1v) is 5.65. The summed E-state index contributed by atoms with van der Waals surface area (Å²) < 4.78 is 52.5. The molecule has 0 saturated carbocycles. The average molecular weight is 266 g/mol. The third-order valence-corrected chi connectivity index (χ3v) is 2.85. The molecule has 0 bridgehead atoms. The second kappa shape index (κ2) is 5.06. The normalized spacial score (nSPS) is 11.0. The van der Waals surface area contributed by atoms with Gasteiger partial charge in [-0.25, -0.2) is 27.4 Å². The highest BCUT2D eigenvalue weighted by Gasteiger charge is 2.17. The summed E-state index contributed by atoms with van der Waals surface area (Å²) in [5.41, 5.74) is 1.67. The van der Waals surface area contributed by atoms with Crippen molar-refractivity contribution in [2.24, 2.45) is 0 Å². The highest BCUT2D eigenvalue weighted by Crippen LogP contribution is 2.12. The molecular formula is C8H8F2N2O4S. The summed E-state index contributed by atoms with van der Waals surface area (Å²) in [6, 6.07) is 1.72. The van der Waals surface area contributed by atoms with E-state index < -0.39 is 32.6 Å². The summed E-state index contributed by atoms with van der Waals surface area (Å²) in [4.78, 5) is 11.5. The maximum atomic E-state index is 12.8. The molecule has 17 heavy (non-hydrogen) atoms. The first kappa shape index (κ1) is 13.3. The van der Waals surface area contributed by atoms with Gasteiger partial charge in [0.25, 0.3) is 10.0 Å². The predicted molar refractivity (Wildman–Crippen MR) is 52.2 cm³/mol. The number of carbonyl (C=O) groups is 1. The number of halogens is 2. The van der Waals surface area contributed by atoms with E-state index >= 15 is 0 Å². The molecule has 2 N–H and O–H groups in total. The molecule has 0 atom stereocenters. The van der Waals surface area contributed by atoms with E-state index in [0.29, 0.717) is 18.2 Å². The van der Waals surface area contributed by atoms with E-state index in [4.69, 9.17) is 0 Å². The molecule has 0 unspecified atom stereocenters. The van der Waals surface area contributed by atoms with E-state index in [-0.39, 0.29) is 0 Å². The summed E-state index contributed by atoms with van der Waals surface area (Å²) >= 11 is 0. The molecule has 1 aromatic rings. The minimum atomic E-state index is -4.25. The summed E-state index contributed by atoms with van der Waals surface area (Å²) in [5.74, 6) is -2.10. The van der Waals surface area contributed by atoms with Gasteiger partial charge in [0.1, 0.15) is 11.6 Å². The monoisotopic (exact) mass is 266 g/mol. The van der Waals surface area contributed by atoms with Gasteiger partial charge in [0, 0.05) is 6.07 Å². The van der Waals surface area contributed by atoms with Gasteiger partial charge in [-0.05, 0) is 12.1 Å². The van der Waals surface area contributed by atoms with Crippen LogP contribution in [0.15, 0.2) is 23.1 Å². The third kappa shape index (κ3) is 3.64. The van der Waals surface area contributed by atoms with Crippen LogP contribution in [0.1, 0.15) is 0 Å². The number of amides is 1. The molecule has 0 radical (unpaired) electrons. The fourth-order valence-electron chi connectivity index (χ4n) is 0.902. The maximum absolute atomic E-state index is 12.8. The van der Waals surface area contributed by atoms with Crippen molar-refractivity contribution in [3.05, 3.63) is 29.8 Å². The van der Waals surface area contributed by atoms with E-state index in [1.54, 1.807) is 10.3 Å². The molecule has 0 aliphatic heterocycles. The fourth-order valence-corrected chi connectivity index (χ4v) is 1.77. The van der Waals surface area contributed by atoms with Crippen molar-refractivity contribution in [2.45, 2.75) is 4.90 Å². The number of rotatable bonds is 3. The Bertz CT molecular complexity index is 512. The van der Waals surface area contributed by atoms with E-state index in [0.717, 1.165) is 7.11 Å². The second-order valence-electron chi connectivity index (χ2n) is 2.83. The molecule has 94 valence electrons. The van der Waals surface area contributed by atoms with Crippen LogP contribution < -0.4 is 10.3 Å². The van der Waals surface area contributed by atoms with E-state index in [2.05, 4.69) is 4.74 Å². The zero-order chi connectivity index (χ0) is 13.1. The minimum Gasteiger partial charge on any atom is -0.452 e. The van der Waals surface area contributed by atoms with Gasteiger partial charge in [0.05, 0.1) is 12.0 Å². The quantitative estimate of drug-likeness (QED) is 0.781. The zero-order valence-corrected chi connectivity index (χ0v) is 9.35. The molecule has 0 aromatic heterocycles. The Balaban J connectivity index is 2.93. The van der Waals surface area contributed by atoms with Crippen LogP contribution in [0.4, 0.5) is 13.6 Å². The van der Waals surface area contributed by atoms with Crippen LogP contribution in [-0.2, 0) is 14.8 Å². The SMILES string of the molecule is COC(=O)NNS(=O)(=O)c1cc(F)cc(F)c1. The molecule has 1 aromatic carbocycles. The minimum absolute atomic E-state index is 0.521. The number of hydrazine groups is 1. The summed E-state index contributed by atoms with van der Waals surface area (Å²) in [5, 5.41) is 0. The largest absolute Gasteiger partial charge is 0.452 e. The lowest BCUT2D eigenvalue weighted by atomic mass is 10.3. The van der Waals surface area contributed by atoms with Crippen molar-refractivity contribution in [1.29, 1.82) is 0 Å². The molecular weight excluding hydrogens is 258 g/mol. The Morgan fingerprint density at radius 1 is 1.24 bits per heavy atom. The number of benzene rings is 1. The molecule has 0 fully saturated rings. The van der Waals surface area contributed by atoms with Crippen LogP contribution in [0.3, 0.4) is 0 Å². The molecule has 1 rings (SSSR count). The molecule has 0 saturated heterocycles. The first-order chi connectivity index (χ1) is 7.85. The van der Waals surface area contributed by atoms with Crippen molar-refractivity contribution in [3.63, 3.8) is 0 Å². The smallest absolute Gasteiger partial charge is 0.422 e. The van der Waals surface area contributed by atoms with E-state index in [1.807, 2.05) is 0 Å². The van der Waals surface area contributed by atoms with Crippen LogP contribution in [0, 0.1) is 11.6 Å². The lowest BCUT2D eigenvalue weighted by Gasteiger charge is -2.07. The third-order valence-electron chi connectivity index (χ3n) is 1.62. The van der Waals surface area contributed by atoms with Crippen molar-refractivity contribution in [1.82, 2.24) is 10.3 Å². The van der Waals surface area contributed by atoms with Gasteiger partial charge in [0.15, 0.2) is 0 Å². The average Bonchev–Trinajstić information content (AvgIpc) is 2.24. The molecule has 0 aliphatic carbocycles. The maximum Gasteiger partial charge on any atom is 0.422 e. The van der Waals surface area contributed by atoms with Crippen LogP contribution in [0.25, 0.3) is 0 Å². The van der Waals surface area contributed by atoms with E-state index in [1.165, 1.54) is 0 Å². The van der Waals surface area contributed by atoms with Crippen molar-refractivity contribution >= 4 is 16.1 Å². The summed E-state index contributed by atoms with van der Waals surface area (Å²) in [6.07, 6.45) is -1.06. The number of hydrogen-bond acceptors (Lipinski definition) is 4. The highest BCUT2D eigenvalue weighted by molar-refractivity contribution is 7.89. The topological polar surface area (TPSA) is 84.5 Å². The Kier molecular flexibility index (Phi) is 3.97. The summed E-state index contributed by atoms with van der Waals surface area (Å²) in [7, 11) is -3.23. The standard InChI is InChI=1S/C8H8F2N2O4S/c1-16-8(13)11-12-17(14,15)7-3-5(9)2-6(10)4-7/h2-4,12H,1H3,(H,11,13). The number of nitrogens with one attached hydrogen (secondary N) is 2. The Labute approximate surface area is 95.6 Å². The van der Waals surface area contributed by atoms with Gasteiger partial charge in [-0.2, -0.15) is 0 Å². The van der Waals surface area contributed by atoms with Crippen LogP contribution in [-0.4, -0.2) is 21.6 Å². The van der Waals surface area contributed by atoms with Crippen molar-refractivity contribution in [2.75, 3.05) is 7.11 Å². The molecule has 6 nitrogen and oxygen atoms in total. The number of carbonyl (C=O) groups excluding carboxylic acids is 1. The van der Waals surface area contributed by atoms with Crippen LogP contribution >= 0.6 is 0 Å². The molecule has 0 heterocycles. The van der Waals surface area contributed by atoms with Crippen LogP contribution in [0.5, 0.6) is 0 Å². The van der Waals surface area contributed by atoms with Gasteiger partial charge in [0.2, 0.25) is 0 Å². The van der Waals surface area contributed by atoms with Gasteiger partial charge in [-0.3, -0.25) is 0 Å². The number of methoxy groups -OCH3 is 1. The fraction of sp³-hybridized carbons (Fsp3) is 0.125. The lowest BCUT2D eigenvalue weighted by Crippen LogP contribution is -2.41. The summed E-state index contributed by atoms with van der Waals surface area (Å²) in [6.45, 7) is 0. The molecule has 1 amide bonds. The van der Waals surface area contributed by atoms with E-state index in [9.17, 15) is 22.0 Å². The van der Waals surface area contributed by atoms with Crippen LogP contribution in [0.2, 0.25) is 0 Å². The van der Waals surface area contributed by atoms with Gasteiger partial charge < -0.3 is 4.74 Å². The molecule has 9 heteroatoms. The number of hydrogen-bond donors (Lipinski definition) is 2. The predicted octanol–water partition coefficient (Wildman–Crippen LogP) is 0.514. The number of sulfonamides is 1. The van der Waals surface area contributed by atoms with Gasteiger partial charge in [-0.15, -0.1) is 4.83 Å². The molecule has 0 spiro atoms. The van der Waals surface area contributed by atoms with Crippen molar-refractivity contribution in [3.8, 4) is 0 Å². The van der Waals surface area contributed by atoms with Crippen molar-refractivity contribution < 1.29 is 26.7 Å². The number of ether oxygens (including phenoxy) is 1. The Morgan fingerprint density at radius 3 is 2.24 bits per heavy atom. The van der Waals surface area contributed by atoms with Gasteiger partial charge >= 0.3 is 6.09 Å². The second-order valence-corrected chi connectivity index (χ2v) is 4.51. The zero-order valence-electron chi connectivity index (χ0n) is 8.53. The Hall–Kier alpha value is -1.74. The Morgan fingerprint density at radius 2 is 1.76 bits per heavy atom. The first-order valence-electron chi connectivity index (χ1n) is 4.17. The van der Waals surface area contributed by atoms with Gasteiger partial charge in [-0.1, -0.05) is 0 Å². The molecule has 0 aliphatic rings. The highest BCUT2D eigenvalue weighted by atomic mass is 32.2. The lowest BCUT2D eigenvalue weighted by molar-refractivity contribution is 0.169.